The van der Waals surface area contributed by atoms with Crippen LogP contribution in [-0.2, 0) is 18.3 Å². The van der Waals surface area contributed by atoms with Gasteiger partial charge in [0.15, 0.2) is 0 Å². The molecule has 1 N–H and O–H groups in total. The molecule has 3 aromatic carbocycles. The summed E-state index contributed by atoms with van der Waals surface area (Å²) in [6.45, 7) is 6.37. The molecule has 0 aliphatic heterocycles. The van der Waals surface area contributed by atoms with Crippen molar-refractivity contribution >= 4 is 0 Å². The third-order valence-corrected chi connectivity index (χ3v) is 4.98. The Kier molecular flexibility index (Phi) is 5.55. The maximum atomic E-state index is 10.7. The first-order valence-electron chi connectivity index (χ1n) is 9.44. The molecule has 0 radical (unpaired) electrons. The van der Waals surface area contributed by atoms with E-state index in [0.29, 0.717) is 5.75 Å². The molecule has 2 nitrogen and oxygen atoms in total. The maximum absolute atomic E-state index is 10.7. The SMILES string of the molecule is COc1c(CCc2cccc(C(C)(C)C)c2O)cccc1-c1ccccc1. The fourth-order valence-corrected chi connectivity index (χ4v) is 3.54. The van der Waals surface area contributed by atoms with Crippen molar-refractivity contribution in [3.63, 3.8) is 0 Å². The molecule has 0 amide bonds. The summed E-state index contributed by atoms with van der Waals surface area (Å²) in [4.78, 5) is 0. The van der Waals surface area contributed by atoms with Crippen molar-refractivity contribution in [1.29, 1.82) is 0 Å². The number of methoxy groups -OCH3 is 1. The van der Waals surface area contributed by atoms with Crippen molar-refractivity contribution in [2.45, 2.75) is 39.0 Å². The van der Waals surface area contributed by atoms with E-state index < -0.39 is 0 Å². The molecule has 3 aromatic rings. The van der Waals surface area contributed by atoms with Crippen molar-refractivity contribution < 1.29 is 9.84 Å². The number of phenols is 1. The minimum Gasteiger partial charge on any atom is -0.507 e. The normalized spacial score (nSPS) is 11.4. The number of ether oxygens (including phenoxy) is 1. The zero-order valence-corrected chi connectivity index (χ0v) is 16.6. The predicted octanol–water partition coefficient (Wildman–Crippen LogP) is 6.15. The molecular weight excluding hydrogens is 332 g/mol. The number of phenolic OH excluding ortho intramolecular Hbond substituents is 1. The Labute approximate surface area is 162 Å². The summed E-state index contributed by atoms with van der Waals surface area (Å²) in [5, 5.41) is 10.7. The molecule has 0 aliphatic rings. The number of benzene rings is 3. The topological polar surface area (TPSA) is 29.5 Å². The summed E-state index contributed by atoms with van der Waals surface area (Å²) in [6, 6.07) is 22.6. The van der Waals surface area contributed by atoms with Crippen LogP contribution in [0.3, 0.4) is 0 Å². The molecule has 0 heterocycles. The summed E-state index contributed by atoms with van der Waals surface area (Å²) in [5.74, 6) is 1.33. The Morgan fingerprint density at radius 1 is 0.778 bits per heavy atom. The van der Waals surface area contributed by atoms with Gasteiger partial charge in [0, 0.05) is 5.56 Å². The van der Waals surface area contributed by atoms with E-state index >= 15 is 0 Å². The quantitative estimate of drug-likeness (QED) is 0.591. The van der Waals surface area contributed by atoms with Gasteiger partial charge >= 0.3 is 0 Å². The van der Waals surface area contributed by atoms with Gasteiger partial charge in [0.25, 0.3) is 0 Å². The summed E-state index contributed by atoms with van der Waals surface area (Å²) in [7, 11) is 1.73. The van der Waals surface area contributed by atoms with Crippen LogP contribution in [0.5, 0.6) is 11.5 Å². The predicted molar refractivity (Wildman–Crippen MR) is 113 cm³/mol. The van der Waals surface area contributed by atoms with Crippen LogP contribution in [0.1, 0.15) is 37.5 Å². The van der Waals surface area contributed by atoms with Crippen molar-refractivity contribution in [3.05, 3.63) is 83.4 Å². The molecule has 3 rings (SSSR count). The van der Waals surface area contributed by atoms with Crippen LogP contribution in [-0.4, -0.2) is 12.2 Å². The van der Waals surface area contributed by atoms with Crippen molar-refractivity contribution in [2.24, 2.45) is 0 Å². The van der Waals surface area contributed by atoms with Crippen LogP contribution in [0.25, 0.3) is 11.1 Å². The van der Waals surface area contributed by atoms with E-state index in [0.717, 1.165) is 46.4 Å². The summed E-state index contributed by atoms with van der Waals surface area (Å²) in [6.07, 6.45) is 1.58. The third-order valence-electron chi connectivity index (χ3n) is 4.98. The van der Waals surface area contributed by atoms with Crippen molar-refractivity contribution in [3.8, 4) is 22.6 Å². The summed E-state index contributed by atoms with van der Waals surface area (Å²) >= 11 is 0. The van der Waals surface area contributed by atoms with Crippen LogP contribution in [0.15, 0.2) is 66.7 Å². The Morgan fingerprint density at radius 2 is 1.41 bits per heavy atom. The van der Waals surface area contributed by atoms with Gasteiger partial charge in [0.05, 0.1) is 7.11 Å². The van der Waals surface area contributed by atoms with Gasteiger partial charge in [-0.2, -0.15) is 0 Å². The van der Waals surface area contributed by atoms with E-state index in [2.05, 4.69) is 51.1 Å². The lowest BCUT2D eigenvalue weighted by Crippen LogP contribution is -2.12. The summed E-state index contributed by atoms with van der Waals surface area (Å²) in [5.41, 5.74) is 5.29. The largest absolute Gasteiger partial charge is 0.507 e. The van der Waals surface area contributed by atoms with E-state index in [9.17, 15) is 5.11 Å². The fourth-order valence-electron chi connectivity index (χ4n) is 3.54. The molecule has 0 atom stereocenters. The van der Waals surface area contributed by atoms with Gasteiger partial charge in [-0.3, -0.25) is 0 Å². The second-order valence-electron chi connectivity index (χ2n) is 7.93. The highest BCUT2D eigenvalue weighted by molar-refractivity contribution is 5.72. The number of aryl methyl sites for hydroxylation is 2. The van der Waals surface area contributed by atoms with Crippen LogP contribution >= 0.6 is 0 Å². The van der Waals surface area contributed by atoms with Gasteiger partial charge in [-0.05, 0) is 40.5 Å². The molecule has 0 aromatic heterocycles. The van der Waals surface area contributed by atoms with E-state index in [-0.39, 0.29) is 5.41 Å². The number of para-hydroxylation sites is 2. The van der Waals surface area contributed by atoms with Crippen molar-refractivity contribution in [1.82, 2.24) is 0 Å². The Balaban J connectivity index is 1.90. The number of hydrogen-bond donors (Lipinski definition) is 1. The lowest BCUT2D eigenvalue weighted by Gasteiger charge is -2.22. The molecule has 0 bridgehead atoms. The van der Waals surface area contributed by atoms with E-state index in [1.165, 1.54) is 0 Å². The standard InChI is InChI=1S/C25H28O2/c1-25(2,3)22-15-9-12-19(23(22)26)16-17-20-13-8-14-21(24(20)27-4)18-10-6-5-7-11-18/h5-15,26H,16-17H2,1-4H3. The van der Waals surface area contributed by atoms with Gasteiger partial charge in [0.1, 0.15) is 11.5 Å². The minimum absolute atomic E-state index is 0.0784. The second kappa shape index (κ2) is 7.87. The Hall–Kier alpha value is -2.74. The van der Waals surface area contributed by atoms with Gasteiger partial charge < -0.3 is 9.84 Å². The molecule has 0 spiro atoms. The molecule has 0 aliphatic carbocycles. The molecule has 0 saturated carbocycles. The average Bonchev–Trinajstić information content (AvgIpc) is 2.66. The lowest BCUT2D eigenvalue weighted by molar-refractivity contribution is 0.410. The first kappa shape index (κ1) is 19.0. The van der Waals surface area contributed by atoms with Gasteiger partial charge in [-0.15, -0.1) is 0 Å². The maximum Gasteiger partial charge on any atom is 0.129 e. The van der Waals surface area contributed by atoms with Gasteiger partial charge in [0.2, 0.25) is 0 Å². The summed E-state index contributed by atoms with van der Waals surface area (Å²) < 4.78 is 5.77. The number of hydrogen-bond acceptors (Lipinski definition) is 2. The van der Waals surface area contributed by atoms with E-state index in [1.807, 2.05) is 36.4 Å². The minimum atomic E-state index is -0.0784. The number of aromatic hydroxyl groups is 1. The molecule has 0 unspecified atom stereocenters. The smallest absolute Gasteiger partial charge is 0.129 e. The molecule has 2 heteroatoms. The van der Waals surface area contributed by atoms with Crippen LogP contribution in [0.4, 0.5) is 0 Å². The van der Waals surface area contributed by atoms with Gasteiger partial charge in [-0.1, -0.05) is 87.5 Å². The molecule has 0 saturated heterocycles. The van der Waals surface area contributed by atoms with E-state index in [1.54, 1.807) is 7.11 Å². The zero-order valence-electron chi connectivity index (χ0n) is 16.6. The first-order valence-corrected chi connectivity index (χ1v) is 9.44. The van der Waals surface area contributed by atoms with Crippen LogP contribution in [0, 0.1) is 0 Å². The highest BCUT2D eigenvalue weighted by atomic mass is 16.5. The van der Waals surface area contributed by atoms with E-state index in [4.69, 9.17) is 4.74 Å². The molecule has 0 fully saturated rings. The fraction of sp³-hybridized carbons (Fsp3) is 0.280. The zero-order chi connectivity index (χ0) is 19.4. The monoisotopic (exact) mass is 360 g/mol. The Bertz CT molecular complexity index is 905. The first-order chi connectivity index (χ1) is 12.9. The van der Waals surface area contributed by atoms with Gasteiger partial charge in [-0.25, -0.2) is 0 Å². The molecular formula is C25H28O2. The number of rotatable bonds is 5. The highest BCUT2D eigenvalue weighted by Gasteiger charge is 2.20. The lowest BCUT2D eigenvalue weighted by atomic mass is 9.84. The highest BCUT2D eigenvalue weighted by Crippen LogP contribution is 2.36. The van der Waals surface area contributed by atoms with Crippen LogP contribution in [0.2, 0.25) is 0 Å². The van der Waals surface area contributed by atoms with Crippen molar-refractivity contribution in [2.75, 3.05) is 7.11 Å². The molecule has 140 valence electrons. The van der Waals surface area contributed by atoms with Crippen LogP contribution < -0.4 is 4.74 Å². The Morgan fingerprint density at radius 3 is 2.07 bits per heavy atom. The third kappa shape index (κ3) is 4.16. The molecule has 27 heavy (non-hydrogen) atoms. The average molecular weight is 360 g/mol. The second-order valence-corrected chi connectivity index (χ2v) is 7.93.